The molecule has 0 aliphatic carbocycles. The Balaban J connectivity index is 1.99. The quantitative estimate of drug-likeness (QED) is 0.834. The van der Waals surface area contributed by atoms with Crippen LogP contribution in [0.1, 0.15) is 38.1 Å². The van der Waals surface area contributed by atoms with E-state index >= 15 is 0 Å². The van der Waals surface area contributed by atoms with Gasteiger partial charge in [-0.25, -0.2) is 0 Å². The summed E-state index contributed by atoms with van der Waals surface area (Å²) in [6.07, 6.45) is 0. The summed E-state index contributed by atoms with van der Waals surface area (Å²) in [4.78, 5) is 3.82. The fraction of sp³-hybridized carbons (Fsp3) is 0.444. The Labute approximate surface area is 132 Å². The molecule has 2 aromatic rings. The second-order valence-corrected chi connectivity index (χ2v) is 7.40. The molecule has 0 atom stereocenters. The number of hydrogen-bond donors (Lipinski definition) is 1. The van der Waals surface area contributed by atoms with E-state index in [1.165, 1.54) is 16.1 Å². The summed E-state index contributed by atoms with van der Waals surface area (Å²) >= 11 is 1.82. The highest BCUT2D eigenvalue weighted by Crippen LogP contribution is 2.20. The van der Waals surface area contributed by atoms with Gasteiger partial charge in [0.05, 0.1) is 6.54 Å². The van der Waals surface area contributed by atoms with E-state index in [-0.39, 0.29) is 5.54 Å². The van der Waals surface area contributed by atoms with Gasteiger partial charge in [0.1, 0.15) is 0 Å². The van der Waals surface area contributed by atoms with Crippen molar-refractivity contribution < 1.29 is 0 Å². The molecule has 1 aromatic heterocycles. The first-order valence-corrected chi connectivity index (χ1v) is 8.47. The van der Waals surface area contributed by atoms with Crippen LogP contribution in [-0.2, 0) is 13.1 Å². The lowest BCUT2D eigenvalue weighted by atomic mass is 10.1. The molecule has 2 nitrogen and oxygen atoms in total. The Morgan fingerprint density at radius 1 is 1.10 bits per heavy atom. The molecule has 1 aromatic carbocycles. The fourth-order valence-electron chi connectivity index (χ4n) is 2.17. The Morgan fingerprint density at radius 3 is 2.33 bits per heavy atom. The highest BCUT2D eigenvalue weighted by molar-refractivity contribution is 7.09. The number of thiophene rings is 1. The standard InChI is InChI=1S/C18H26N2S/c1-5-20(14-17-7-6-12-21-17)16-10-8-15(9-11-16)13-19-18(2,3)4/h6-12,19H,5,13-14H2,1-4H3. The molecule has 0 amide bonds. The summed E-state index contributed by atoms with van der Waals surface area (Å²) < 4.78 is 0. The van der Waals surface area contributed by atoms with Gasteiger partial charge in [0.25, 0.3) is 0 Å². The summed E-state index contributed by atoms with van der Waals surface area (Å²) in [6, 6.07) is 13.2. The van der Waals surface area contributed by atoms with Crippen molar-refractivity contribution in [1.82, 2.24) is 5.32 Å². The van der Waals surface area contributed by atoms with E-state index in [0.29, 0.717) is 0 Å². The maximum Gasteiger partial charge on any atom is 0.0522 e. The van der Waals surface area contributed by atoms with E-state index in [2.05, 4.69) is 79.7 Å². The van der Waals surface area contributed by atoms with Crippen molar-refractivity contribution in [2.45, 2.75) is 46.3 Å². The van der Waals surface area contributed by atoms with Crippen LogP contribution in [0.4, 0.5) is 5.69 Å². The molecule has 0 bridgehead atoms. The van der Waals surface area contributed by atoms with Crippen LogP contribution in [0, 0.1) is 0 Å². The number of rotatable bonds is 6. The Hall–Kier alpha value is -1.32. The minimum atomic E-state index is 0.160. The van der Waals surface area contributed by atoms with Gasteiger partial charge in [-0.2, -0.15) is 0 Å². The van der Waals surface area contributed by atoms with Crippen LogP contribution in [-0.4, -0.2) is 12.1 Å². The van der Waals surface area contributed by atoms with Gasteiger partial charge in [0.15, 0.2) is 0 Å². The Bertz CT molecular complexity index is 523. The molecule has 0 saturated carbocycles. The van der Waals surface area contributed by atoms with Crippen molar-refractivity contribution in [3.63, 3.8) is 0 Å². The number of anilines is 1. The first kappa shape index (κ1) is 16.1. The van der Waals surface area contributed by atoms with Crippen LogP contribution in [0.5, 0.6) is 0 Å². The lowest BCUT2D eigenvalue weighted by Gasteiger charge is -2.23. The zero-order valence-electron chi connectivity index (χ0n) is 13.5. The van der Waals surface area contributed by atoms with Gasteiger partial charge in [0.2, 0.25) is 0 Å². The van der Waals surface area contributed by atoms with Crippen LogP contribution in [0.15, 0.2) is 41.8 Å². The molecule has 0 aliphatic heterocycles. The van der Waals surface area contributed by atoms with Gasteiger partial charge < -0.3 is 10.2 Å². The third-order valence-corrected chi connectivity index (χ3v) is 4.29. The SMILES string of the molecule is CCN(Cc1cccs1)c1ccc(CNC(C)(C)C)cc1. The Kier molecular flexibility index (Phi) is 5.43. The smallest absolute Gasteiger partial charge is 0.0522 e. The van der Waals surface area contributed by atoms with E-state index in [1.54, 1.807) is 0 Å². The van der Waals surface area contributed by atoms with Gasteiger partial charge in [-0.3, -0.25) is 0 Å². The third kappa shape index (κ3) is 5.18. The summed E-state index contributed by atoms with van der Waals surface area (Å²) in [5.74, 6) is 0. The van der Waals surface area contributed by atoms with Crippen molar-refractivity contribution in [3.05, 3.63) is 52.2 Å². The maximum absolute atomic E-state index is 3.53. The van der Waals surface area contributed by atoms with Crippen molar-refractivity contribution in [1.29, 1.82) is 0 Å². The fourth-order valence-corrected chi connectivity index (χ4v) is 2.89. The molecular formula is C18H26N2S. The summed E-state index contributed by atoms with van der Waals surface area (Å²) in [5.41, 5.74) is 2.79. The van der Waals surface area contributed by atoms with E-state index in [9.17, 15) is 0 Å². The second kappa shape index (κ2) is 7.10. The van der Waals surface area contributed by atoms with Crippen LogP contribution >= 0.6 is 11.3 Å². The van der Waals surface area contributed by atoms with Crippen LogP contribution in [0.25, 0.3) is 0 Å². The largest absolute Gasteiger partial charge is 0.367 e. The molecule has 0 fully saturated rings. The molecule has 21 heavy (non-hydrogen) atoms. The number of benzene rings is 1. The monoisotopic (exact) mass is 302 g/mol. The predicted octanol–water partition coefficient (Wildman–Crippen LogP) is 4.66. The lowest BCUT2D eigenvalue weighted by molar-refractivity contribution is 0.424. The molecule has 3 heteroatoms. The molecule has 0 spiro atoms. The molecule has 114 valence electrons. The lowest BCUT2D eigenvalue weighted by Crippen LogP contribution is -2.35. The van der Waals surface area contributed by atoms with Crippen molar-refractivity contribution in [2.75, 3.05) is 11.4 Å². The van der Waals surface area contributed by atoms with Gasteiger partial charge in [-0.1, -0.05) is 18.2 Å². The molecule has 1 heterocycles. The predicted molar refractivity (Wildman–Crippen MR) is 94.1 cm³/mol. The highest BCUT2D eigenvalue weighted by atomic mass is 32.1. The van der Waals surface area contributed by atoms with E-state index in [0.717, 1.165) is 19.6 Å². The molecule has 0 radical (unpaired) electrons. The number of hydrogen-bond acceptors (Lipinski definition) is 3. The molecule has 0 aliphatic rings. The van der Waals surface area contributed by atoms with E-state index in [1.807, 2.05) is 11.3 Å². The minimum absolute atomic E-state index is 0.160. The molecule has 0 unspecified atom stereocenters. The summed E-state index contributed by atoms with van der Waals surface area (Å²) in [5, 5.41) is 5.67. The molecular weight excluding hydrogens is 276 g/mol. The first-order chi connectivity index (χ1) is 9.98. The van der Waals surface area contributed by atoms with Crippen LogP contribution in [0.3, 0.4) is 0 Å². The topological polar surface area (TPSA) is 15.3 Å². The average molecular weight is 302 g/mol. The van der Waals surface area contributed by atoms with Crippen molar-refractivity contribution in [2.24, 2.45) is 0 Å². The van der Waals surface area contributed by atoms with E-state index in [4.69, 9.17) is 0 Å². The maximum atomic E-state index is 3.53. The second-order valence-electron chi connectivity index (χ2n) is 6.36. The van der Waals surface area contributed by atoms with Crippen LogP contribution < -0.4 is 10.2 Å². The van der Waals surface area contributed by atoms with Gasteiger partial charge in [-0.15, -0.1) is 11.3 Å². The van der Waals surface area contributed by atoms with Crippen molar-refractivity contribution >= 4 is 17.0 Å². The van der Waals surface area contributed by atoms with Crippen LogP contribution in [0.2, 0.25) is 0 Å². The zero-order valence-corrected chi connectivity index (χ0v) is 14.3. The number of nitrogens with zero attached hydrogens (tertiary/aromatic N) is 1. The normalized spacial score (nSPS) is 11.6. The summed E-state index contributed by atoms with van der Waals surface area (Å²) in [6.45, 7) is 11.7. The van der Waals surface area contributed by atoms with Gasteiger partial charge >= 0.3 is 0 Å². The number of nitrogens with one attached hydrogen (secondary N) is 1. The minimum Gasteiger partial charge on any atom is -0.367 e. The third-order valence-electron chi connectivity index (χ3n) is 3.43. The Morgan fingerprint density at radius 2 is 1.81 bits per heavy atom. The summed E-state index contributed by atoms with van der Waals surface area (Å²) in [7, 11) is 0. The molecule has 1 N–H and O–H groups in total. The molecule has 0 saturated heterocycles. The van der Waals surface area contributed by atoms with Gasteiger partial charge in [0, 0.05) is 29.2 Å². The first-order valence-electron chi connectivity index (χ1n) is 7.59. The van der Waals surface area contributed by atoms with E-state index < -0.39 is 0 Å². The van der Waals surface area contributed by atoms with Crippen molar-refractivity contribution in [3.8, 4) is 0 Å². The zero-order chi connectivity index (χ0) is 15.3. The average Bonchev–Trinajstić information content (AvgIpc) is 2.95. The van der Waals surface area contributed by atoms with Gasteiger partial charge in [-0.05, 0) is 56.8 Å². The molecule has 2 rings (SSSR count). The highest BCUT2D eigenvalue weighted by Gasteiger charge is 2.09.